The first-order valence-corrected chi connectivity index (χ1v) is 9.02. The van der Waals surface area contributed by atoms with Gasteiger partial charge in [0.25, 0.3) is 0 Å². The molecule has 5 nitrogen and oxygen atoms in total. The molecular formula is C21H21F2N3O2. The summed E-state index contributed by atoms with van der Waals surface area (Å²) in [4.78, 5) is 28.0. The van der Waals surface area contributed by atoms with Gasteiger partial charge < -0.3 is 10.2 Å². The van der Waals surface area contributed by atoms with Gasteiger partial charge in [0, 0.05) is 38.8 Å². The number of amides is 2. The van der Waals surface area contributed by atoms with Gasteiger partial charge in [-0.3, -0.25) is 14.5 Å². The number of nitrogens with one attached hydrogen (secondary N) is 1. The predicted molar refractivity (Wildman–Crippen MR) is 103 cm³/mol. The fourth-order valence-electron chi connectivity index (χ4n) is 2.95. The number of carbonyl (C=O) groups excluding carboxylic acids is 2. The lowest BCUT2D eigenvalue weighted by atomic mass is 10.2. The number of piperazine rings is 1. The van der Waals surface area contributed by atoms with Crippen LogP contribution >= 0.6 is 0 Å². The second kappa shape index (κ2) is 9.23. The van der Waals surface area contributed by atoms with Crippen molar-refractivity contribution in [1.29, 1.82) is 0 Å². The number of halogens is 2. The molecule has 2 aromatic rings. The molecule has 0 aromatic heterocycles. The van der Waals surface area contributed by atoms with E-state index in [2.05, 4.69) is 16.3 Å². The molecule has 28 heavy (non-hydrogen) atoms. The summed E-state index contributed by atoms with van der Waals surface area (Å²) in [5.74, 6) is -3.32. The summed E-state index contributed by atoms with van der Waals surface area (Å²) >= 11 is 0. The number of nitrogens with zero attached hydrogens (tertiary/aromatic N) is 2. The lowest BCUT2D eigenvalue weighted by Crippen LogP contribution is -2.51. The van der Waals surface area contributed by atoms with Crippen LogP contribution in [-0.2, 0) is 9.59 Å². The molecule has 0 unspecified atom stereocenters. The zero-order valence-corrected chi connectivity index (χ0v) is 15.3. The number of carbonyl (C=O) groups is 2. The second-order valence-electron chi connectivity index (χ2n) is 6.48. The Morgan fingerprint density at radius 3 is 2.39 bits per heavy atom. The Labute approximate surface area is 162 Å². The first-order valence-electron chi connectivity index (χ1n) is 9.02. The van der Waals surface area contributed by atoms with Gasteiger partial charge in [-0.15, -0.1) is 0 Å². The molecule has 0 saturated carbocycles. The molecule has 2 amide bonds. The number of hydrogen-bond acceptors (Lipinski definition) is 3. The number of anilines is 1. The van der Waals surface area contributed by atoms with Crippen molar-refractivity contribution in [1.82, 2.24) is 9.80 Å². The van der Waals surface area contributed by atoms with Gasteiger partial charge in [0.2, 0.25) is 0 Å². The van der Waals surface area contributed by atoms with Gasteiger partial charge in [0.15, 0.2) is 0 Å². The Kier molecular flexibility index (Phi) is 6.49. The van der Waals surface area contributed by atoms with Crippen molar-refractivity contribution >= 4 is 23.6 Å². The van der Waals surface area contributed by atoms with Crippen LogP contribution < -0.4 is 5.32 Å². The van der Waals surface area contributed by atoms with E-state index < -0.39 is 23.4 Å². The second-order valence-corrected chi connectivity index (χ2v) is 6.48. The van der Waals surface area contributed by atoms with E-state index >= 15 is 0 Å². The first-order chi connectivity index (χ1) is 13.5. The maximum Gasteiger partial charge on any atom is 0.313 e. The van der Waals surface area contributed by atoms with Crippen LogP contribution in [0.15, 0.2) is 54.6 Å². The average molecular weight is 385 g/mol. The summed E-state index contributed by atoms with van der Waals surface area (Å²) in [6, 6.07) is 12.7. The standard InChI is InChI=1S/C21H21F2N3O2/c22-17-8-9-19(18(23)15-17)24-20(27)21(28)26-13-11-25(12-14-26)10-4-7-16-5-2-1-3-6-16/h1-9,15H,10-14H2,(H,24,27)/b7-4+. The molecule has 1 saturated heterocycles. The van der Waals surface area contributed by atoms with E-state index in [4.69, 9.17) is 0 Å². The van der Waals surface area contributed by atoms with Gasteiger partial charge in [-0.25, -0.2) is 8.78 Å². The van der Waals surface area contributed by atoms with Crippen LogP contribution in [0.25, 0.3) is 6.08 Å². The molecule has 0 spiro atoms. The summed E-state index contributed by atoms with van der Waals surface area (Å²) in [6.45, 7) is 2.87. The van der Waals surface area contributed by atoms with Crippen molar-refractivity contribution in [3.05, 3.63) is 71.8 Å². The van der Waals surface area contributed by atoms with Crippen LogP contribution in [0.1, 0.15) is 5.56 Å². The Hall–Kier alpha value is -3.06. The molecule has 1 fully saturated rings. The Bertz CT molecular complexity index is 863. The van der Waals surface area contributed by atoms with E-state index in [0.29, 0.717) is 32.2 Å². The molecule has 2 aromatic carbocycles. The SMILES string of the molecule is O=C(Nc1ccc(F)cc1F)C(=O)N1CCN(C/C=C/c2ccccc2)CC1. The molecule has 7 heteroatoms. The maximum absolute atomic E-state index is 13.6. The average Bonchev–Trinajstić information content (AvgIpc) is 2.71. The summed E-state index contributed by atoms with van der Waals surface area (Å²) in [5, 5.41) is 2.20. The Morgan fingerprint density at radius 2 is 1.71 bits per heavy atom. The maximum atomic E-state index is 13.6. The van der Waals surface area contributed by atoms with Gasteiger partial charge >= 0.3 is 11.8 Å². The van der Waals surface area contributed by atoms with E-state index in [1.54, 1.807) is 0 Å². The minimum absolute atomic E-state index is 0.218. The van der Waals surface area contributed by atoms with E-state index in [0.717, 1.165) is 24.2 Å². The lowest BCUT2D eigenvalue weighted by molar-refractivity contribution is -0.144. The van der Waals surface area contributed by atoms with E-state index in [-0.39, 0.29) is 5.69 Å². The quantitative estimate of drug-likeness (QED) is 0.824. The first kappa shape index (κ1) is 19.7. The van der Waals surface area contributed by atoms with Crippen LogP contribution in [0, 0.1) is 11.6 Å². The highest BCUT2D eigenvalue weighted by Gasteiger charge is 2.26. The molecular weight excluding hydrogens is 364 g/mol. The smallest absolute Gasteiger partial charge is 0.313 e. The van der Waals surface area contributed by atoms with E-state index in [9.17, 15) is 18.4 Å². The monoisotopic (exact) mass is 385 g/mol. The van der Waals surface area contributed by atoms with Gasteiger partial charge in [-0.2, -0.15) is 0 Å². The third kappa shape index (κ3) is 5.23. The van der Waals surface area contributed by atoms with Gasteiger partial charge in [0.1, 0.15) is 11.6 Å². The third-order valence-electron chi connectivity index (χ3n) is 4.51. The summed E-state index contributed by atoms with van der Waals surface area (Å²) in [6.07, 6.45) is 4.11. The molecule has 0 bridgehead atoms. The van der Waals surface area contributed by atoms with E-state index in [1.165, 1.54) is 4.90 Å². The molecule has 3 rings (SSSR count). The summed E-state index contributed by atoms with van der Waals surface area (Å²) < 4.78 is 26.5. The van der Waals surface area contributed by atoms with Crippen molar-refractivity contribution in [3.63, 3.8) is 0 Å². The third-order valence-corrected chi connectivity index (χ3v) is 4.51. The molecule has 1 N–H and O–H groups in total. The van der Waals surface area contributed by atoms with Crippen LogP contribution in [0.4, 0.5) is 14.5 Å². The molecule has 0 radical (unpaired) electrons. The largest absolute Gasteiger partial charge is 0.332 e. The topological polar surface area (TPSA) is 52.7 Å². The van der Waals surface area contributed by atoms with Crippen LogP contribution in [0.5, 0.6) is 0 Å². The highest BCUT2D eigenvalue weighted by molar-refractivity contribution is 6.39. The zero-order chi connectivity index (χ0) is 19.9. The van der Waals surface area contributed by atoms with Crippen molar-refractivity contribution in [2.45, 2.75) is 0 Å². The predicted octanol–water partition coefficient (Wildman–Crippen LogP) is 2.76. The van der Waals surface area contributed by atoms with Gasteiger partial charge in [-0.1, -0.05) is 42.5 Å². The minimum Gasteiger partial charge on any atom is -0.332 e. The normalized spacial score (nSPS) is 15.0. The molecule has 0 aliphatic carbocycles. The fourth-order valence-corrected chi connectivity index (χ4v) is 2.95. The summed E-state index contributed by atoms with van der Waals surface area (Å²) in [5.41, 5.74) is 0.908. The Balaban J connectivity index is 1.46. The Morgan fingerprint density at radius 1 is 1.00 bits per heavy atom. The number of benzene rings is 2. The van der Waals surface area contributed by atoms with E-state index in [1.807, 2.05) is 36.4 Å². The number of rotatable bonds is 4. The highest BCUT2D eigenvalue weighted by Crippen LogP contribution is 2.15. The lowest BCUT2D eigenvalue weighted by Gasteiger charge is -2.33. The highest BCUT2D eigenvalue weighted by atomic mass is 19.1. The van der Waals surface area contributed by atoms with Crippen LogP contribution in [0.2, 0.25) is 0 Å². The zero-order valence-electron chi connectivity index (χ0n) is 15.3. The number of hydrogen-bond donors (Lipinski definition) is 1. The molecule has 1 aliphatic heterocycles. The molecule has 1 aliphatic rings. The van der Waals surface area contributed by atoms with Gasteiger partial charge in [0.05, 0.1) is 5.69 Å². The fraction of sp³-hybridized carbons (Fsp3) is 0.238. The molecule has 146 valence electrons. The molecule has 0 atom stereocenters. The van der Waals surface area contributed by atoms with Gasteiger partial charge in [-0.05, 0) is 17.7 Å². The van der Waals surface area contributed by atoms with Crippen molar-refractivity contribution < 1.29 is 18.4 Å². The van der Waals surface area contributed by atoms with Crippen molar-refractivity contribution in [2.75, 3.05) is 38.0 Å². The van der Waals surface area contributed by atoms with Crippen LogP contribution in [-0.4, -0.2) is 54.3 Å². The van der Waals surface area contributed by atoms with Crippen LogP contribution in [0.3, 0.4) is 0 Å². The minimum atomic E-state index is -0.928. The van der Waals surface area contributed by atoms with Crippen molar-refractivity contribution in [2.24, 2.45) is 0 Å². The molecule has 1 heterocycles. The summed E-state index contributed by atoms with van der Waals surface area (Å²) in [7, 11) is 0. The van der Waals surface area contributed by atoms with Crippen molar-refractivity contribution in [3.8, 4) is 0 Å².